The summed E-state index contributed by atoms with van der Waals surface area (Å²) in [6.45, 7) is 0. The van der Waals surface area contributed by atoms with E-state index < -0.39 is 11.6 Å². The normalized spacial score (nSPS) is 12.8. The van der Waals surface area contributed by atoms with E-state index in [1.807, 2.05) is 53.4 Å². The number of hydrogen-bond acceptors (Lipinski definition) is 2. The van der Waals surface area contributed by atoms with Crippen LogP contribution in [-0.4, -0.2) is 0 Å². The van der Waals surface area contributed by atoms with Crippen LogP contribution in [0.25, 0.3) is 10.8 Å². The SMILES string of the molecule is Fc1cc2c(cc1F)N(c1ccccc1)c1ccc3ccccc3c1S2. The summed E-state index contributed by atoms with van der Waals surface area (Å²) in [5.41, 5.74) is 2.54. The zero-order valence-corrected chi connectivity index (χ0v) is 14.4. The highest BCUT2D eigenvalue weighted by molar-refractivity contribution is 8.00. The van der Waals surface area contributed by atoms with Crippen LogP contribution in [0.2, 0.25) is 0 Å². The first-order valence-corrected chi connectivity index (χ1v) is 9.08. The van der Waals surface area contributed by atoms with Crippen LogP contribution in [0.3, 0.4) is 0 Å². The van der Waals surface area contributed by atoms with Gasteiger partial charge in [0.15, 0.2) is 11.6 Å². The molecule has 4 aromatic rings. The van der Waals surface area contributed by atoms with Gasteiger partial charge in [-0.05, 0) is 35.0 Å². The van der Waals surface area contributed by atoms with Gasteiger partial charge in [-0.2, -0.15) is 0 Å². The van der Waals surface area contributed by atoms with Crippen molar-refractivity contribution < 1.29 is 8.78 Å². The third-order valence-electron chi connectivity index (χ3n) is 4.57. The van der Waals surface area contributed by atoms with Gasteiger partial charge >= 0.3 is 0 Å². The van der Waals surface area contributed by atoms with E-state index in [-0.39, 0.29) is 0 Å². The Labute approximate surface area is 153 Å². The summed E-state index contributed by atoms with van der Waals surface area (Å²) >= 11 is 1.48. The van der Waals surface area contributed by atoms with Crippen LogP contribution < -0.4 is 4.90 Å². The van der Waals surface area contributed by atoms with Gasteiger partial charge in [0.1, 0.15) is 0 Å². The van der Waals surface area contributed by atoms with Gasteiger partial charge < -0.3 is 4.90 Å². The average Bonchev–Trinajstić information content (AvgIpc) is 2.68. The zero-order chi connectivity index (χ0) is 17.7. The van der Waals surface area contributed by atoms with Crippen molar-refractivity contribution in [3.63, 3.8) is 0 Å². The van der Waals surface area contributed by atoms with Gasteiger partial charge in [0.25, 0.3) is 0 Å². The summed E-state index contributed by atoms with van der Waals surface area (Å²) in [5.74, 6) is -1.66. The van der Waals surface area contributed by atoms with E-state index in [1.54, 1.807) is 0 Å². The summed E-state index contributed by atoms with van der Waals surface area (Å²) in [6.07, 6.45) is 0. The van der Waals surface area contributed by atoms with Crippen molar-refractivity contribution in [3.05, 3.63) is 90.5 Å². The highest BCUT2D eigenvalue weighted by atomic mass is 32.2. The second-order valence-electron chi connectivity index (χ2n) is 6.14. The summed E-state index contributed by atoms with van der Waals surface area (Å²) in [4.78, 5) is 3.75. The maximum absolute atomic E-state index is 14.0. The summed E-state index contributed by atoms with van der Waals surface area (Å²) in [5, 5.41) is 2.23. The molecule has 0 spiro atoms. The standard InChI is InChI=1S/C22H13F2NS/c23-17-12-20-21(13-18(17)24)26-22-16-9-5-4-6-14(16)10-11-19(22)25(20)15-7-2-1-3-8-15/h1-13H. The second kappa shape index (κ2) is 5.85. The number of benzene rings is 4. The van der Waals surface area contributed by atoms with Crippen LogP contribution in [0.4, 0.5) is 25.8 Å². The van der Waals surface area contributed by atoms with Crippen LogP contribution >= 0.6 is 11.8 Å². The molecule has 0 amide bonds. The first kappa shape index (κ1) is 15.4. The van der Waals surface area contributed by atoms with E-state index >= 15 is 0 Å². The zero-order valence-electron chi connectivity index (χ0n) is 13.6. The Balaban J connectivity index is 1.84. The average molecular weight is 361 g/mol. The molecule has 0 unspecified atom stereocenters. The molecule has 1 aliphatic heterocycles. The van der Waals surface area contributed by atoms with Crippen molar-refractivity contribution >= 4 is 39.6 Å². The van der Waals surface area contributed by atoms with Crippen molar-refractivity contribution in [1.82, 2.24) is 0 Å². The Bertz CT molecular complexity index is 1140. The monoisotopic (exact) mass is 361 g/mol. The summed E-state index contributed by atoms with van der Waals surface area (Å²) in [7, 11) is 0. The molecule has 4 heteroatoms. The van der Waals surface area contributed by atoms with Crippen LogP contribution in [0.1, 0.15) is 0 Å². The summed E-state index contributed by atoms with van der Waals surface area (Å²) < 4.78 is 27.9. The third-order valence-corrected chi connectivity index (χ3v) is 5.75. The number of hydrogen-bond donors (Lipinski definition) is 0. The van der Waals surface area contributed by atoms with Crippen LogP contribution in [0.5, 0.6) is 0 Å². The molecule has 0 N–H and O–H groups in total. The van der Waals surface area contributed by atoms with Crippen LogP contribution in [0.15, 0.2) is 88.7 Å². The molecular formula is C22H13F2NS. The van der Waals surface area contributed by atoms with Gasteiger partial charge in [-0.1, -0.05) is 60.3 Å². The maximum Gasteiger partial charge on any atom is 0.160 e. The van der Waals surface area contributed by atoms with E-state index in [1.165, 1.54) is 23.9 Å². The van der Waals surface area contributed by atoms with E-state index in [2.05, 4.69) is 18.2 Å². The molecular weight excluding hydrogens is 348 g/mol. The van der Waals surface area contributed by atoms with Crippen molar-refractivity contribution in [2.75, 3.05) is 4.90 Å². The molecule has 0 saturated carbocycles. The lowest BCUT2D eigenvalue weighted by molar-refractivity contribution is 0.506. The van der Waals surface area contributed by atoms with Crippen LogP contribution in [0, 0.1) is 11.6 Å². The Morgan fingerprint density at radius 2 is 1.42 bits per heavy atom. The lowest BCUT2D eigenvalue weighted by atomic mass is 10.1. The fourth-order valence-corrected chi connectivity index (χ4v) is 4.58. The maximum atomic E-state index is 14.0. The third kappa shape index (κ3) is 2.30. The summed E-state index contributed by atoms with van der Waals surface area (Å²) in [6, 6.07) is 24.6. The molecule has 0 saturated heterocycles. The van der Waals surface area contributed by atoms with Crippen LogP contribution in [-0.2, 0) is 0 Å². The highest BCUT2D eigenvalue weighted by Crippen LogP contribution is 2.53. The van der Waals surface area contributed by atoms with Gasteiger partial charge in [0.2, 0.25) is 0 Å². The number of halogens is 2. The topological polar surface area (TPSA) is 3.24 Å². The number of rotatable bonds is 1. The number of para-hydroxylation sites is 1. The lowest BCUT2D eigenvalue weighted by Gasteiger charge is -2.33. The van der Waals surface area contributed by atoms with Gasteiger partial charge in [0, 0.05) is 21.5 Å². The number of anilines is 3. The minimum Gasteiger partial charge on any atom is -0.308 e. The van der Waals surface area contributed by atoms with Crippen molar-refractivity contribution in [2.45, 2.75) is 9.79 Å². The van der Waals surface area contributed by atoms with Crippen molar-refractivity contribution in [1.29, 1.82) is 0 Å². The first-order chi connectivity index (χ1) is 12.7. The molecule has 1 nitrogen and oxygen atoms in total. The van der Waals surface area contributed by atoms with Gasteiger partial charge in [-0.3, -0.25) is 0 Å². The minimum atomic E-state index is -0.838. The first-order valence-electron chi connectivity index (χ1n) is 8.26. The van der Waals surface area contributed by atoms with E-state index in [9.17, 15) is 8.78 Å². The van der Waals surface area contributed by atoms with E-state index in [0.717, 1.165) is 27.0 Å². The van der Waals surface area contributed by atoms with Crippen molar-refractivity contribution in [2.24, 2.45) is 0 Å². The smallest absolute Gasteiger partial charge is 0.160 e. The Morgan fingerprint density at radius 3 is 2.27 bits per heavy atom. The molecule has 0 aliphatic carbocycles. The van der Waals surface area contributed by atoms with Gasteiger partial charge in [0.05, 0.1) is 11.4 Å². The number of nitrogens with zero attached hydrogens (tertiary/aromatic N) is 1. The molecule has 126 valence electrons. The molecule has 0 aromatic heterocycles. The number of fused-ring (bicyclic) bond motifs is 4. The predicted molar refractivity (Wildman–Crippen MR) is 103 cm³/mol. The molecule has 0 fully saturated rings. The molecule has 1 heterocycles. The van der Waals surface area contributed by atoms with Gasteiger partial charge in [-0.15, -0.1) is 0 Å². The molecule has 0 radical (unpaired) electrons. The van der Waals surface area contributed by atoms with E-state index in [0.29, 0.717) is 10.6 Å². The van der Waals surface area contributed by atoms with Gasteiger partial charge in [-0.25, -0.2) is 8.78 Å². The lowest BCUT2D eigenvalue weighted by Crippen LogP contribution is -2.15. The highest BCUT2D eigenvalue weighted by Gasteiger charge is 2.27. The van der Waals surface area contributed by atoms with Crippen molar-refractivity contribution in [3.8, 4) is 0 Å². The Morgan fingerprint density at radius 1 is 0.692 bits per heavy atom. The second-order valence-corrected chi connectivity index (χ2v) is 7.19. The Kier molecular flexibility index (Phi) is 3.47. The quantitative estimate of drug-likeness (QED) is 0.315. The molecule has 1 aliphatic rings. The minimum absolute atomic E-state index is 0.655. The fourth-order valence-electron chi connectivity index (χ4n) is 3.38. The molecule has 26 heavy (non-hydrogen) atoms. The molecule has 5 rings (SSSR count). The Hall–Kier alpha value is -2.85. The largest absolute Gasteiger partial charge is 0.308 e. The molecule has 0 bridgehead atoms. The molecule has 4 aromatic carbocycles. The van der Waals surface area contributed by atoms with E-state index in [4.69, 9.17) is 0 Å². The molecule has 0 atom stereocenters. The fraction of sp³-hybridized carbons (Fsp3) is 0. The predicted octanol–water partition coefficient (Wildman–Crippen LogP) is 7.05.